The van der Waals surface area contributed by atoms with E-state index >= 15 is 0 Å². The van der Waals surface area contributed by atoms with E-state index in [4.69, 9.17) is 4.42 Å². The molecule has 3 heterocycles. The van der Waals surface area contributed by atoms with Gasteiger partial charge in [-0.25, -0.2) is 9.48 Å². The molecule has 0 radical (unpaired) electrons. The third-order valence-electron chi connectivity index (χ3n) is 4.06. The van der Waals surface area contributed by atoms with Gasteiger partial charge in [0.25, 0.3) is 5.91 Å². The molecule has 8 heteroatoms. The molecule has 0 fully saturated rings. The zero-order valence-corrected chi connectivity index (χ0v) is 14.2. The molecule has 1 aliphatic rings. The molecule has 0 bridgehead atoms. The number of nitrogens with zero attached hydrogens (tertiary/aromatic N) is 4. The normalized spacial score (nSPS) is 15.2. The van der Waals surface area contributed by atoms with Crippen molar-refractivity contribution < 1.29 is 14.3 Å². The van der Waals surface area contributed by atoms with Gasteiger partial charge in [-0.1, -0.05) is 11.3 Å². The van der Waals surface area contributed by atoms with Crippen molar-refractivity contribution in [2.24, 2.45) is 0 Å². The minimum atomic E-state index is -0.748. The Balaban J connectivity index is 1.72. The lowest BCUT2D eigenvalue weighted by Crippen LogP contribution is -2.32. The maximum Gasteiger partial charge on any atom is 0.340 e. The number of hydrogen-bond donors (Lipinski definition) is 1. The second-order valence-corrected chi connectivity index (χ2v) is 6.24. The van der Waals surface area contributed by atoms with Gasteiger partial charge in [-0.05, 0) is 32.3 Å². The fourth-order valence-corrected chi connectivity index (χ4v) is 2.70. The number of aromatic hydroxyl groups is 1. The molecule has 0 spiro atoms. The second kappa shape index (κ2) is 6.92. The fourth-order valence-electron chi connectivity index (χ4n) is 2.70. The molecule has 25 heavy (non-hydrogen) atoms. The van der Waals surface area contributed by atoms with Crippen LogP contribution in [0.5, 0.6) is 5.75 Å². The highest BCUT2D eigenvalue weighted by Gasteiger charge is 2.22. The summed E-state index contributed by atoms with van der Waals surface area (Å²) in [5.41, 5.74) is 1.11. The van der Waals surface area contributed by atoms with Crippen LogP contribution in [0.3, 0.4) is 0 Å². The summed E-state index contributed by atoms with van der Waals surface area (Å²) in [5.74, 6) is -0.841. The monoisotopic (exact) mass is 344 g/mol. The topological polar surface area (TPSA) is 101 Å². The van der Waals surface area contributed by atoms with Crippen molar-refractivity contribution in [3.63, 3.8) is 0 Å². The maximum atomic E-state index is 12.5. The van der Waals surface area contributed by atoms with Gasteiger partial charge in [-0.3, -0.25) is 4.79 Å². The number of carbonyl (C=O) groups excluding carboxylic acids is 1. The van der Waals surface area contributed by atoms with Crippen molar-refractivity contribution in [1.29, 1.82) is 0 Å². The van der Waals surface area contributed by atoms with E-state index in [1.165, 1.54) is 0 Å². The Kier molecular flexibility index (Phi) is 4.69. The van der Waals surface area contributed by atoms with Gasteiger partial charge in [-0.15, -0.1) is 5.10 Å². The second-order valence-electron chi connectivity index (χ2n) is 6.24. The first-order chi connectivity index (χ1) is 11.9. The van der Waals surface area contributed by atoms with Gasteiger partial charge in [0.1, 0.15) is 11.4 Å². The van der Waals surface area contributed by atoms with Gasteiger partial charge in [0, 0.05) is 25.2 Å². The summed E-state index contributed by atoms with van der Waals surface area (Å²) < 4.78 is 6.70. The van der Waals surface area contributed by atoms with Crippen LogP contribution in [0, 0.1) is 0 Å². The molecular weight excluding hydrogens is 324 g/mol. The van der Waals surface area contributed by atoms with E-state index in [1.807, 2.05) is 20.0 Å². The van der Waals surface area contributed by atoms with Gasteiger partial charge >= 0.3 is 5.63 Å². The third kappa shape index (κ3) is 3.78. The first-order valence-electron chi connectivity index (χ1n) is 8.18. The van der Waals surface area contributed by atoms with Gasteiger partial charge in [-0.2, -0.15) is 0 Å². The van der Waals surface area contributed by atoms with Gasteiger partial charge in [0.05, 0.1) is 12.3 Å². The summed E-state index contributed by atoms with van der Waals surface area (Å²) >= 11 is 0. The van der Waals surface area contributed by atoms with Crippen LogP contribution in [0.2, 0.25) is 0 Å². The summed E-state index contributed by atoms with van der Waals surface area (Å²) in [7, 11) is 0. The fraction of sp³-hybridized carbons (Fsp3) is 0.412. The Morgan fingerprint density at radius 1 is 1.32 bits per heavy atom. The maximum absolute atomic E-state index is 12.5. The average Bonchev–Trinajstić information content (AvgIpc) is 2.92. The van der Waals surface area contributed by atoms with Gasteiger partial charge < -0.3 is 14.4 Å². The summed E-state index contributed by atoms with van der Waals surface area (Å²) in [6.07, 6.45) is 5.26. The van der Waals surface area contributed by atoms with E-state index in [9.17, 15) is 14.7 Å². The molecule has 1 N–H and O–H groups in total. The van der Waals surface area contributed by atoms with Crippen LogP contribution in [0.1, 0.15) is 49.0 Å². The molecule has 2 aromatic rings. The highest BCUT2D eigenvalue weighted by molar-refractivity contribution is 5.91. The summed E-state index contributed by atoms with van der Waals surface area (Å²) in [6.45, 7) is 5.03. The average molecular weight is 344 g/mol. The molecule has 132 valence electrons. The van der Waals surface area contributed by atoms with Crippen molar-refractivity contribution in [2.45, 2.75) is 32.7 Å². The van der Waals surface area contributed by atoms with Crippen LogP contribution < -0.4 is 5.63 Å². The number of aromatic nitrogens is 3. The quantitative estimate of drug-likeness (QED) is 0.911. The van der Waals surface area contributed by atoms with E-state index in [2.05, 4.69) is 16.4 Å². The standard InChI is InChI=1S/C17H20N4O4/c1-11(2)21-10-14(18-19-21)12-4-3-6-20(7-5-12)17(24)15-8-13(22)9-16(23)25-15/h4,8-11,22H,3,5-7H2,1-2H3. The summed E-state index contributed by atoms with van der Waals surface area (Å²) in [6, 6.07) is 2.33. The number of amides is 1. The molecule has 0 aliphatic carbocycles. The molecule has 3 rings (SSSR count). The zero-order valence-electron chi connectivity index (χ0n) is 14.2. The molecule has 0 atom stereocenters. The Hall–Kier alpha value is -2.90. The predicted molar refractivity (Wildman–Crippen MR) is 90.2 cm³/mol. The molecule has 0 aromatic carbocycles. The van der Waals surface area contributed by atoms with Crippen molar-refractivity contribution in [2.75, 3.05) is 13.1 Å². The predicted octanol–water partition coefficient (Wildman–Crippen LogP) is 1.84. The largest absolute Gasteiger partial charge is 0.508 e. The molecule has 1 amide bonds. The third-order valence-corrected chi connectivity index (χ3v) is 4.06. The Morgan fingerprint density at radius 2 is 2.12 bits per heavy atom. The number of rotatable bonds is 3. The van der Waals surface area contributed by atoms with Crippen LogP contribution in [0.4, 0.5) is 0 Å². The van der Waals surface area contributed by atoms with E-state index in [-0.39, 0.29) is 17.6 Å². The zero-order chi connectivity index (χ0) is 18.0. The van der Waals surface area contributed by atoms with Crippen molar-refractivity contribution in [1.82, 2.24) is 19.9 Å². The molecule has 0 unspecified atom stereocenters. The SMILES string of the molecule is CC(C)n1cc(C2=CCCN(C(=O)c3cc(O)cc(=O)o3)CC2)nn1. The Labute approximate surface area is 144 Å². The van der Waals surface area contributed by atoms with Gasteiger partial charge in [0.2, 0.25) is 0 Å². The lowest BCUT2D eigenvalue weighted by Gasteiger charge is -2.19. The number of hydrogen-bond acceptors (Lipinski definition) is 6. The van der Waals surface area contributed by atoms with Gasteiger partial charge in [0.15, 0.2) is 5.76 Å². The van der Waals surface area contributed by atoms with E-state index in [0.717, 1.165) is 23.4 Å². The van der Waals surface area contributed by atoms with Crippen molar-refractivity contribution >= 4 is 11.5 Å². The Morgan fingerprint density at radius 3 is 2.80 bits per heavy atom. The van der Waals surface area contributed by atoms with Crippen molar-refractivity contribution in [3.8, 4) is 5.75 Å². The van der Waals surface area contributed by atoms with Crippen LogP contribution in [-0.4, -0.2) is 44.0 Å². The first kappa shape index (κ1) is 16.9. The molecule has 2 aromatic heterocycles. The smallest absolute Gasteiger partial charge is 0.340 e. The Bertz CT molecular complexity index is 866. The van der Waals surface area contributed by atoms with Crippen LogP contribution in [0.15, 0.2) is 33.6 Å². The minimum Gasteiger partial charge on any atom is -0.508 e. The highest BCUT2D eigenvalue weighted by atomic mass is 16.4. The van der Waals surface area contributed by atoms with Crippen LogP contribution >= 0.6 is 0 Å². The number of carbonyl (C=O) groups is 1. The van der Waals surface area contributed by atoms with E-state index < -0.39 is 11.5 Å². The molecule has 0 saturated heterocycles. The van der Waals surface area contributed by atoms with Crippen LogP contribution in [0.25, 0.3) is 5.57 Å². The van der Waals surface area contributed by atoms with Crippen LogP contribution in [-0.2, 0) is 0 Å². The minimum absolute atomic E-state index is 0.154. The van der Waals surface area contributed by atoms with Crippen molar-refractivity contribution in [3.05, 3.63) is 46.3 Å². The lowest BCUT2D eigenvalue weighted by molar-refractivity contribution is 0.0726. The molecule has 0 saturated carbocycles. The molecular formula is C17H20N4O4. The highest BCUT2D eigenvalue weighted by Crippen LogP contribution is 2.22. The first-order valence-corrected chi connectivity index (χ1v) is 8.18. The molecule has 8 nitrogen and oxygen atoms in total. The van der Waals surface area contributed by atoms with E-state index in [0.29, 0.717) is 25.9 Å². The lowest BCUT2D eigenvalue weighted by atomic mass is 10.1. The van der Waals surface area contributed by atoms with E-state index in [1.54, 1.807) is 9.58 Å². The molecule has 1 aliphatic heterocycles. The summed E-state index contributed by atoms with van der Waals surface area (Å²) in [5, 5.41) is 17.8. The summed E-state index contributed by atoms with van der Waals surface area (Å²) in [4.78, 5) is 25.5.